The van der Waals surface area contributed by atoms with Crippen molar-refractivity contribution < 1.29 is 19.1 Å². The number of fused-ring (bicyclic) bond motifs is 1. The Morgan fingerprint density at radius 3 is 2.48 bits per heavy atom. The van der Waals surface area contributed by atoms with Gasteiger partial charge < -0.3 is 15.7 Å². The van der Waals surface area contributed by atoms with Crippen molar-refractivity contribution in [3.63, 3.8) is 0 Å². The fourth-order valence-electron chi connectivity index (χ4n) is 3.73. The van der Waals surface area contributed by atoms with Crippen LogP contribution in [0, 0.1) is 0 Å². The SMILES string of the molecule is CCN(CCF)CCN1C(=O)C(O)(c2ccccc2Cl)c2c(Cl)cc(C(N)=O)cc21.Cl. The summed E-state index contributed by atoms with van der Waals surface area (Å²) in [7, 11) is 0. The topological polar surface area (TPSA) is 86.9 Å². The molecule has 10 heteroatoms. The van der Waals surface area contributed by atoms with Gasteiger partial charge in [-0.3, -0.25) is 14.5 Å². The third kappa shape index (κ3) is 4.52. The maximum Gasteiger partial charge on any atom is 0.268 e. The first-order valence-electron chi connectivity index (χ1n) is 9.47. The number of hydrogen-bond acceptors (Lipinski definition) is 4. The van der Waals surface area contributed by atoms with Gasteiger partial charge in [-0.1, -0.05) is 48.3 Å². The highest BCUT2D eigenvalue weighted by molar-refractivity contribution is 6.35. The highest BCUT2D eigenvalue weighted by Gasteiger charge is 2.53. The molecule has 6 nitrogen and oxygen atoms in total. The quantitative estimate of drug-likeness (QED) is 0.594. The molecule has 0 fully saturated rings. The predicted octanol–water partition coefficient (Wildman–Crippen LogP) is 3.39. The molecule has 0 bridgehead atoms. The normalized spacial score (nSPS) is 17.6. The molecule has 1 atom stereocenters. The number of aliphatic hydroxyl groups is 1. The summed E-state index contributed by atoms with van der Waals surface area (Å²) < 4.78 is 12.8. The minimum Gasteiger partial charge on any atom is -0.372 e. The van der Waals surface area contributed by atoms with Gasteiger partial charge in [0, 0.05) is 41.3 Å². The summed E-state index contributed by atoms with van der Waals surface area (Å²) in [6.45, 7) is 2.71. The standard InChI is InChI=1S/C21H22Cl2FN3O3.ClH/c1-2-26(8-7-24)9-10-27-17-12-13(19(25)28)11-16(23)18(17)21(30,20(27)29)14-5-3-4-6-15(14)22;/h3-6,11-12,30H,2,7-10H2,1H3,(H2,25,28);1H. The van der Waals surface area contributed by atoms with Crippen LogP contribution in [0.3, 0.4) is 0 Å². The van der Waals surface area contributed by atoms with Crippen molar-refractivity contribution >= 4 is 53.1 Å². The van der Waals surface area contributed by atoms with Crippen molar-refractivity contribution in [3.05, 3.63) is 63.1 Å². The van der Waals surface area contributed by atoms with E-state index in [1.165, 1.54) is 17.0 Å². The van der Waals surface area contributed by atoms with Gasteiger partial charge in [0.2, 0.25) is 5.91 Å². The monoisotopic (exact) mass is 489 g/mol. The highest BCUT2D eigenvalue weighted by atomic mass is 35.5. The molecule has 0 spiro atoms. The Labute approximate surface area is 196 Å². The van der Waals surface area contributed by atoms with Gasteiger partial charge in [-0.15, -0.1) is 12.4 Å². The molecule has 1 heterocycles. The molecule has 0 saturated heterocycles. The molecular formula is C21H23Cl3FN3O3. The summed E-state index contributed by atoms with van der Waals surface area (Å²) >= 11 is 12.7. The fraction of sp³-hybridized carbons (Fsp3) is 0.333. The number of nitrogens with two attached hydrogens (primary N) is 1. The maximum absolute atomic E-state index is 13.5. The zero-order valence-corrected chi connectivity index (χ0v) is 19.1. The first-order valence-corrected chi connectivity index (χ1v) is 10.2. The van der Waals surface area contributed by atoms with Crippen molar-refractivity contribution in [2.24, 2.45) is 5.73 Å². The van der Waals surface area contributed by atoms with Crippen molar-refractivity contribution in [2.45, 2.75) is 12.5 Å². The molecule has 0 aromatic heterocycles. The van der Waals surface area contributed by atoms with Gasteiger partial charge in [0.05, 0.1) is 10.7 Å². The number of hydrogen-bond donors (Lipinski definition) is 2. The molecule has 2 aromatic rings. The molecule has 1 aliphatic heterocycles. The molecule has 3 N–H and O–H groups in total. The van der Waals surface area contributed by atoms with Crippen LogP contribution >= 0.6 is 35.6 Å². The van der Waals surface area contributed by atoms with E-state index in [-0.39, 0.29) is 57.9 Å². The lowest BCUT2D eigenvalue weighted by molar-refractivity contribution is -0.132. The van der Waals surface area contributed by atoms with Crippen molar-refractivity contribution in [2.75, 3.05) is 37.8 Å². The van der Waals surface area contributed by atoms with Crippen LogP contribution in [0.5, 0.6) is 0 Å². The van der Waals surface area contributed by atoms with E-state index in [1.54, 1.807) is 24.3 Å². The number of rotatable bonds is 8. The van der Waals surface area contributed by atoms with Crippen LogP contribution in [0.25, 0.3) is 0 Å². The molecule has 3 rings (SSSR count). The Balaban J connectivity index is 0.00000341. The molecule has 1 aliphatic rings. The van der Waals surface area contributed by atoms with Crippen LogP contribution in [-0.2, 0) is 10.4 Å². The Morgan fingerprint density at radius 2 is 1.90 bits per heavy atom. The zero-order chi connectivity index (χ0) is 22.1. The second-order valence-electron chi connectivity index (χ2n) is 6.99. The number of carbonyl (C=O) groups is 2. The molecule has 2 amide bonds. The number of nitrogens with zero attached hydrogens (tertiary/aromatic N) is 2. The zero-order valence-electron chi connectivity index (χ0n) is 16.8. The number of anilines is 1. The third-order valence-corrected chi connectivity index (χ3v) is 5.94. The van der Waals surface area contributed by atoms with Gasteiger partial charge in [0.15, 0.2) is 5.60 Å². The van der Waals surface area contributed by atoms with E-state index in [0.717, 1.165) is 0 Å². The Bertz CT molecular complexity index is 992. The summed E-state index contributed by atoms with van der Waals surface area (Å²) in [6.07, 6.45) is 0. The Morgan fingerprint density at radius 1 is 1.23 bits per heavy atom. The van der Waals surface area contributed by atoms with Crippen LogP contribution in [0.4, 0.5) is 10.1 Å². The van der Waals surface area contributed by atoms with Crippen LogP contribution in [0.2, 0.25) is 10.0 Å². The van der Waals surface area contributed by atoms with E-state index in [9.17, 15) is 19.1 Å². The highest BCUT2D eigenvalue weighted by Crippen LogP contribution is 2.49. The molecular weight excluding hydrogens is 468 g/mol. The summed E-state index contributed by atoms with van der Waals surface area (Å²) in [4.78, 5) is 28.4. The lowest BCUT2D eigenvalue weighted by Crippen LogP contribution is -2.44. The predicted molar refractivity (Wildman–Crippen MR) is 122 cm³/mol. The number of alkyl halides is 1. The van der Waals surface area contributed by atoms with Crippen molar-refractivity contribution in [1.82, 2.24) is 4.90 Å². The molecule has 168 valence electrons. The van der Waals surface area contributed by atoms with Crippen LogP contribution in [0.1, 0.15) is 28.4 Å². The van der Waals surface area contributed by atoms with E-state index in [0.29, 0.717) is 13.1 Å². The average molecular weight is 491 g/mol. The van der Waals surface area contributed by atoms with E-state index >= 15 is 0 Å². The molecule has 0 aliphatic carbocycles. The number of carbonyl (C=O) groups excluding carboxylic acids is 2. The number of halogens is 4. The lowest BCUT2D eigenvalue weighted by atomic mass is 9.87. The average Bonchev–Trinajstić information content (AvgIpc) is 2.93. The second-order valence-corrected chi connectivity index (χ2v) is 7.80. The Kier molecular flexibility index (Phi) is 8.30. The lowest BCUT2D eigenvalue weighted by Gasteiger charge is -2.26. The van der Waals surface area contributed by atoms with E-state index < -0.39 is 24.1 Å². The molecule has 1 unspecified atom stereocenters. The van der Waals surface area contributed by atoms with Crippen LogP contribution in [-0.4, -0.2) is 54.7 Å². The maximum atomic E-state index is 13.5. The van der Waals surface area contributed by atoms with E-state index in [4.69, 9.17) is 28.9 Å². The first-order chi connectivity index (χ1) is 14.2. The summed E-state index contributed by atoms with van der Waals surface area (Å²) in [5.74, 6) is -1.36. The largest absolute Gasteiger partial charge is 0.372 e. The third-order valence-electron chi connectivity index (χ3n) is 5.31. The summed E-state index contributed by atoms with van der Waals surface area (Å²) in [5, 5.41) is 11.8. The fourth-order valence-corrected chi connectivity index (χ4v) is 4.36. The molecule has 31 heavy (non-hydrogen) atoms. The van der Waals surface area contributed by atoms with Crippen molar-refractivity contribution in [1.29, 1.82) is 0 Å². The number of benzene rings is 2. The first kappa shape index (κ1) is 25.4. The number of amides is 2. The smallest absolute Gasteiger partial charge is 0.268 e. The number of likely N-dealkylation sites (N-methyl/N-ethyl adjacent to an activating group) is 1. The summed E-state index contributed by atoms with van der Waals surface area (Å²) in [5.41, 5.74) is 3.99. The van der Waals surface area contributed by atoms with Gasteiger partial charge >= 0.3 is 0 Å². The van der Waals surface area contributed by atoms with Gasteiger partial charge in [-0.05, 0) is 24.7 Å². The van der Waals surface area contributed by atoms with Crippen LogP contribution in [0.15, 0.2) is 36.4 Å². The number of primary amides is 1. The van der Waals surface area contributed by atoms with E-state index in [2.05, 4.69) is 0 Å². The van der Waals surface area contributed by atoms with Gasteiger partial charge in [-0.2, -0.15) is 0 Å². The van der Waals surface area contributed by atoms with E-state index in [1.807, 2.05) is 11.8 Å². The molecule has 0 radical (unpaired) electrons. The minimum atomic E-state index is -2.13. The van der Waals surface area contributed by atoms with Crippen LogP contribution < -0.4 is 10.6 Å². The van der Waals surface area contributed by atoms with Gasteiger partial charge in [-0.25, -0.2) is 4.39 Å². The second kappa shape index (κ2) is 10.1. The minimum absolute atomic E-state index is 0. The molecule has 0 saturated carbocycles. The summed E-state index contributed by atoms with van der Waals surface area (Å²) in [6, 6.07) is 9.20. The van der Waals surface area contributed by atoms with Gasteiger partial charge in [0.25, 0.3) is 5.91 Å². The van der Waals surface area contributed by atoms with Crippen molar-refractivity contribution in [3.8, 4) is 0 Å². The Hall–Kier alpha value is -1.90. The van der Waals surface area contributed by atoms with Gasteiger partial charge in [0.1, 0.15) is 6.67 Å². The molecule has 2 aromatic carbocycles.